The van der Waals surface area contributed by atoms with Crippen LogP contribution >= 0.6 is 0 Å². The zero-order valence-electron chi connectivity index (χ0n) is 12.2. The van der Waals surface area contributed by atoms with Crippen LogP contribution in [0.4, 0.5) is 0 Å². The summed E-state index contributed by atoms with van der Waals surface area (Å²) in [5, 5.41) is 2.41. The van der Waals surface area contributed by atoms with Gasteiger partial charge in [-0.2, -0.15) is 0 Å². The minimum Gasteiger partial charge on any atom is -0.456 e. The number of carbonyl (C=O) groups excluding carboxylic acids is 1. The zero-order chi connectivity index (χ0) is 14.8. The van der Waals surface area contributed by atoms with Crippen LogP contribution in [0, 0.1) is 0 Å². The Labute approximate surface area is 124 Å². The van der Waals surface area contributed by atoms with Crippen LogP contribution in [0.2, 0.25) is 0 Å². The summed E-state index contributed by atoms with van der Waals surface area (Å²) >= 11 is 0. The normalized spacial score (nSPS) is 25.0. The Kier molecular flexibility index (Phi) is 3.76. The number of esters is 1. The zero-order valence-corrected chi connectivity index (χ0v) is 12.2. The van der Waals surface area contributed by atoms with Gasteiger partial charge >= 0.3 is 5.97 Å². The lowest BCUT2D eigenvalue weighted by Gasteiger charge is -2.29. The molecule has 1 aliphatic rings. The van der Waals surface area contributed by atoms with Gasteiger partial charge in [-0.25, -0.2) is 0 Å². The topological polar surface area (TPSA) is 35.5 Å². The van der Waals surface area contributed by atoms with Gasteiger partial charge in [-0.3, -0.25) is 4.79 Å². The molecule has 0 unspecified atom stereocenters. The van der Waals surface area contributed by atoms with E-state index >= 15 is 0 Å². The molecule has 1 aliphatic heterocycles. The summed E-state index contributed by atoms with van der Waals surface area (Å²) in [4.78, 5) is 11.0. The molecule has 21 heavy (non-hydrogen) atoms. The lowest BCUT2D eigenvalue weighted by Crippen LogP contribution is -2.33. The summed E-state index contributed by atoms with van der Waals surface area (Å²) in [5.41, 5.74) is 1.11. The summed E-state index contributed by atoms with van der Waals surface area (Å²) < 4.78 is 11.2. The molecule has 0 N–H and O–H groups in total. The number of benzene rings is 2. The Morgan fingerprint density at radius 2 is 1.86 bits per heavy atom. The predicted octanol–water partition coefficient (Wildman–Crippen LogP) is 3.79. The molecule has 0 bridgehead atoms. The second-order valence-corrected chi connectivity index (χ2v) is 5.33. The lowest BCUT2D eigenvalue weighted by atomic mass is 10.0. The molecule has 3 nitrogen and oxygen atoms in total. The highest BCUT2D eigenvalue weighted by atomic mass is 16.6. The van der Waals surface area contributed by atoms with E-state index in [2.05, 4.69) is 30.3 Å². The molecule has 3 heteroatoms. The van der Waals surface area contributed by atoms with E-state index in [1.54, 1.807) is 0 Å². The van der Waals surface area contributed by atoms with Crippen LogP contribution in [0.5, 0.6) is 0 Å². The molecule has 0 amide bonds. The second kappa shape index (κ2) is 5.70. The molecule has 3 atom stereocenters. The standard InChI is InChI=1S/C18H18O3/c1-12-17(21-13(2)19)9-10-18(20-12)16-8-7-14-5-3-4-6-15(14)11-16/h3-12,17-18H,1-2H3/t12-,17+,18+/m0/s1. The van der Waals surface area contributed by atoms with E-state index in [1.165, 1.54) is 17.7 Å². The predicted molar refractivity (Wildman–Crippen MR) is 81.9 cm³/mol. The van der Waals surface area contributed by atoms with E-state index in [-0.39, 0.29) is 24.3 Å². The first-order valence-corrected chi connectivity index (χ1v) is 7.13. The van der Waals surface area contributed by atoms with Crippen molar-refractivity contribution in [2.45, 2.75) is 32.2 Å². The van der Waals surface area contributed by atoms with Crippen molar-refractivity contribution in [2.75, 3.05) is 0 Å². The van der Waals surface area contributed by atoms with Crippen molar-refractivity contribution in [3.05, 3.63) is 60.2 Å². The van der Waals surface area contributed by atoms with Crippen molar-refractivity contribution in [1.29, 1.82) is 0 Å². The van der Waals surface area contributed by atoms with Gasteiger partial charge in [0.05, 0.1) is 6.10 Å². The number of hydrogen-bond acceptors (Lipinski definition) is 3. The molecule has 0 radical (unpaired) electrons. The van der Waals surface area contributed by atoms with E-state index in [9.17, 15) is 4.79 Å². The second-order valence-electron chi connectivity index (χ2n) is 5.33. The SMILES string of the molecule is CC(=O)O[C@@H]1C=C[C@H](c2ccc3ccccc3c2)O[C@H]1C. The fraction of sp³-hybridized carbons (Fsp3) is 0.278. The van der Waals surface area contributed by atoms with Crippen molar-refractivity contribution in [3.8, 4) is 0 Å². The van der Waals surface area contributed by atoms with Crippen LogP contribution in [0.3, 0.4) is 0 Å². The molecule has 0 aliphatic carbocycles. The summed E-state index contributed by atoms with van der Waals surface area (Å²) in [7, 11) is 0. The van der Waals surface area contributed by atoms with E-state index in [1.807, 2.05) is 31.2 Å². The third-order valence-corrected chi connectivity index (χ3v) is 3.70. The Balaban J connectivity index is 1.85. The van der Waals surface area contributed by atoms with Crippen LogP contribution in [0.1, 0.15) is 25.5 Å². The fourth-order valence-electron chi connectivity index (χ4n) is 2.62. The van der Waals surface area contributed by atoms with Crippen molar-refractivity contribution in [2.24, 2.45) is 0 Å². The minimum absolute atomic E-state index is 0.101. The molecule has 1 heterocycles. The first-order chi connectivity index (χ1) is 10.1. The molecular formula is C18H18O3. The average molecular weight is 282 g/mol. The quantitative estimate of drug-likeness (QED) is 0.621. The van der Waals surface area contributed by atoms with Crippen LogP contribution in [0.25, 0.3) is 10.8 Å². The summed E-state index contributed by atoms with van der Waals surface area (Å²) in [6.45, 7) is 3.33. The largest absolute Gasteiger partial charge is 0.456 e. The monoisotopic (exact) mass is 282 g/mol. The number of carbonyl (C=O) groups is 1. The Morgan fingerprint density at radius 1 is 1.10 bits per heavy atom. The average Bonchev–Trinajstić information content (AvgIpc) is 2.48. The summed E-state index contributed by atoms with van der Waals surface area (Å²) in [6, 6.07) is 14.6. The molecule has 0 saturated heterocycles. The van der Waals surface area contributed by atoms with Gasteiger partial charge in [-0.15, -0.1) is 0 Å². The van der Waals surface area contributed by atoms with E-state index in [0.717, 1.165) is 5.56 Å². The van der Waals surface area contributed by atoms with Gasteiger partial charge < -0.3 is 9.47 Å². The maximum absolute atomic E-state index is 11.0. The van der Waals surface area contributed by atoms with Crippen molar-refractivity contribution in [1.82, 2.24) is 0 Å². The Hall–Kier alpha value is -2.13. The van der Waals surface area contributed by atoms with Gasteiger partial charge in [0, 0.05) is 6.92 Å². The van der Waals surface area contributed by atoms with Gasteiger partial charge in [-0.05, 0) is 35.4 Å². The first kappa shape index (κ1) is 13.8. The van der Waals surface area contributed by atoms with E-state index < -0.39 is 0 Å². The molecular weight excluding hydrogens is 264 g/mol. The maximum Gasteiger partial charge on any atom is 0.303 e. The van der Waals surface area contributed by atoms with Gasteiger partial charge in [0.1, 0.15) is 12.2 Å². The van der Waals surface area contributed by atoms with Gasteiger partial charge in [0.25, 0.3) is 0 Å². The smallest absolute Gasteiger partial charge is 0.303 e. The van der Waals surface area contributed by atoms with E-state index in [4.69, 9.17) is 9.47 Å². The van der Waals surface area contributed by atoms with Crippen LogP contribution in [-0.4, -0.2) is 18.2 Å². The van der Waals surface area contributed by atoms with Crippen LogP contribution < -0.4 is 0 Å². The van der Waals surface area contributed by atoms with Crippen molar-refractivity contribution < 1.29 is 14.3 Å². The maximum atomic E-state index is 11.0. The van der Waals surface area contributed by atoms with Gasteiger partial charge in [0.2, 0.25) is 0 Å². The number of ether oxygens (including phenoxy) is 2. The molecule has 2 aromatic carbocycles. The third-order valence-electron chi connectivity index (χ3n) is 3.70. The highest BCUT2D eigenvalue weighted by Crippen LogP contribution is 2.29. The molecule has 0 aromatic heterocycles. The van der Waals surface area contributed by atoms with Gasteiger partial charge in [0.15, 0.2) is 0 Å². The summed E-state index contributed by atoms with van der Waals surface area (Å²) in [6.07, 6.45) is 3.30. The highest BCUT2D eigenvalue weighted by Gasteiger charge is 2.26. The Morgan fingerprint density at radius 3 is 2.57 bits per heavy atom. The van der Waals surface area contributed by atoms with Crippen molar-refractivity contribution in [3.63, 3.8) is 0 Å². The van der Waals surface area contributed by atoms with Gasteiger partial charge in [-0.1, -0.05) is 42.5 Å². The number of hydrogen-bond donors (Lipinski definition) is 0. The van der Waals surface area contributed by atoms with Crippen LogP contribution in [-0.2, 0) is 14.3 Å². The fourth-order valence-corrected chi connectivity index (χ4v) is 2.62. The molecule has 0 saturated carbocycles. The molecule has 0 fully saturated rings. The minimum atomic E-state index is -0.306. The first-order valence-electron chi connectivity index (χ1n) is 7.13. The van der Waals surface area contributed by atoms with E-state index in [0.29, 0.717) is 0 Å². The molecule has 0 spiro atoms. The summed E-state index contributed by atoms with van der Waals surface area (Å²) in [5.74, 6) is -0.288. The van der Waals surface area contributed by atoms with Crippen molar-refractivity contribution >= 4 is 16.7 Å². The van der Waals surface area contributed by atoms with Crippen LogP contribution in [0.15, 0.2) is 54.6 Å². The number of rotatable bonds is 2. The lowest BCUT2D eigenvalue weighted by molar-refractivity contribution is -0.153. The highest BCUT2D eigenvalue weighted by molar-refractivity contribution is 5.83. The number of fused-ring (bicyclic) bond motifs is 1. The molecule has 3 rings (SSSR count). The third kappa shape index (κ3) is 2.98. The Bertz CT molecular complexity index is 690. The molecule has 2 aromatic rings. The molecule has 108 valence electrons.